The number of carbonyl (C=O) groups is 1. The van der Waals surface area contributed by atoms with E-state index >= 15 is 0 Å². The second-order valence-electron chi connectivity index (χ2n) is 3.74. The van der Waals surface area contributed by atoms with E-state index in [1.54, 1.807) is 7.11 Å². The van der Waals surface area contributed by atoms with Crippen LogP contribution in [0.2, 0.25) is 0 Å². The van der Waals surface area contributed by atoms with Gasteiger partial charge in [0.1, 0.15) is 5.75 Å². The number of hydrogen-bond donors (Lipinski definition) is 0. The normalized spacial score (nSPS) is 12.2. The SMILES string of the molecule is CCOc1ccc(CC(COC)C(=O)Cl)cc1. The standard InChI is InChI=1S/C13H17ClO3/c1-3-17-12-6-4-10(5-7-12)8-11(9-16-2)13(14)15/h4-7,11H,3,8-9H2,1-2H3. The molecule has 1 atom stereocenters. The molecule has 94 valence electrons. The van der Waals surface area contributed by atoms with Crippen molar-refractivity contribution in [2.24, 2.45) is 5.92 Å². The first-order valence-electron chi connectivity index (χ1n) is 5.57. The molecule has 0 spiro atoms. The highest BCUT2D eigenvalue weighted by atomic mass is 35.5. The van der Waals surface area contributed by atoms with Crippen LogP contribution in [0.25, 0.3) is 0 Å². The van der Waals surface area contributed by atoms with Crippen molar-refractivity contribution >= 4 is 16.8 Å². The molecule has 0 aliphatic rings. The summed E-state index contributed by atoms with van der Waals surface area (Å²) in [5, 5.41) is -0.360. The van der Waals surface area contributed by atoms with Gasteiger partial charge in [0.2, 0.25) is 5.24 Å². The molecule has 0 aliphatic heterocycles. The molecule has 1 unspecified atom stereocenters. The first-order valence-corrected chi connectivity index (χ1v) is 5.95. The van der Waals surface area contributed by atoms with Crippen molar-refractivity contribution in [1.29, 1.82) is 0 Å². The van der Waals surface area contributed by atoms with Gasteiger partial charge in [0, 0.05) is 7.11 Å². The van der Waals surface area contributed by atoms with Gasteiger partial charge in [0.25, 0.3) is 0 Å². The van der Waals surface area contributed by atoms with Crippen molar-refractivity contribution in [3.05, 3.63) is 29.8 Å². The number of carbonyl (C=O) groups excluding carboxylic acids is 1. The lowest BCUT2D eigenvalue weighted by molar-refractivity contribution is -0.116. The maximum atomic E-state index is 11.2. The number of benzene rings is 1. The van der Waals surface area contributed by atoms with E-state index in [1.165, 1.54) is 0 Å². The van der Waals surface area contributed by atoms with Gasteiger partial charge in [-0.1, -0.05) is 12.1 Å². The van der Waals surface area contributed by atoms with Gasteiger partial charge in [-0.15, -0.1) is 0 Å². The number of methoxy groups -OCH3 is 1. The number of hydrogen-bond acceptors (Lipinski definition) is 3. The Morgan fingerprint density at radius 3 is 2.47 bits per heavy atom. The molecule has 0 radical (unpaired) electrons. The van der Waals surface area contributed by atoms with E-state index in [9.17, 15) is 4.79 Å². The van der Waals surface area contributed by atoms with Crippen LogP contribution in [-0.2, 0) is 16.0 Å². The van der Waals surface area contributed by atoms with Gasteiger partial charge in [-0.25, -0.2) is 0 Å². The van der Waals surface area contributed by atoms with Crippen LogP contribution < -0.4 is 4.74 Å². The van der Waals surface area contributed by atoms with Crippen LogP contribution in [0.5, 0.6) is 5.75 Å². The molecule has 0 fully saturated rings. The molecule has 0 aliphatic carbocycles. The summed E-state index contributed by atoms with van der Waals surface area (Å²) in [7, 11) is 1.56. The van der Waals surface area contributed by atoms with Gasteiger partial charge in [-0.2, -0.15) is 0 Å². The molecule has 0 heterocycles. The Morgan fingerprint density at radius 2 is 2.00 bits per heavy atom. The molecule has 0 saturated carbocycles. The Bertz CT molecular complexity index is 348. The van der Waals surface area contributed by atoms with E-state index < -0.39 is 0 Å². The predicted molar refractivity (Wildman–Crippen MR) is 67.5 cm³/mol. The van der Waals surface area contributed by atoms with Crippen LogP contribution in [0, 0.1) is 5.92 Å². The number of halogens is 1. The van der Waals surface area contributed by atoms with Crippen LogP contribution in [0.1, 0.15) is 12.5 Å². The van der Waals surface area contributed by atoms with E-state index in [-0.39, 0.29) is 11.2 Å². The van der Waals surface area contributed by atoms with Gasteiger partial charge in [0.05, 0.1) is 19.1 Å². The fourth-order valence-electron chi connectivity index (χ4n) is 1.58. The second-order valence-corrected chi connectivity index (χ2v) is 4.11. The van der Waals surface area contributed by atoms with Crippen LogP contribution in [0.3, 0.4) is 0 Å². The molecule has 3 nitrogen and oxygen atoms in total. The summed E-state index contributed by atoms with van der Waals surface area (Å²) < 4.78 is 10.3. The summed E-state index contributed by atoms with van der Waals surface area (Å²) in [6.07, 6.45) is 0.586. The highest BCUT2D eigenvalue weighted by Crippen LogP contribution is 2.16. The number of rotatable bonds is 7. The third kappa shape index (κ3) is 4.75. The smallest absolute Gasteiger partial charge is 0.227 e. The summed E-state index contributed by atoms with van der Waals surface area (Å²) >= 11 is 5.51. The number of ether oxygens (including phenoxy) is 2. The van der Waals surface area contributed by atoms with Gasteiger partial charge in [-0.3, -0.25) is 4.79 Å². The predicted octanol–water partition coefficient (Wildman–Crippen LogP) is 2.66. The Balaban J connectivity index is 2.63. The molecule has 0 bridgehead atoms. The van der Waals surface area contributed by atoms with Crippen LogP contribution in [-0.4, -0.2) is 25.6 Å². The van der Waals surface area contributed by atoms with Crippen molar-refractivity contribution in [3.63, 3.8) is 0 Å². The van der Waals surface area contributed by atoms with Crippen molar-refractivity contribution in [2.75, 3.05) is 20.3 Å². The summed E-state index contributed by atoms with van der Waals surface area (Å²) in [5.74, 6) is 0.538. The van der Waals surface area contributed by atoms with Gasteiger partial charge < -0.3 is 9.47 Å². The minimum absolute atomic E-state index is 0.292. The molecule has 17 heavy (non-hydrogen) atoms. The zero-order valence-corrected chi connectivity index (χ0v) is 10.9. The van der Waals surface area contributed by atoms with Crippen molar-refractivity contribution in [2.45, 2.75) is 13.3 Å². The maximum absolute atomic E-state index is 11.2. The zero-order valence-electron chi connectivity index (χ0n) is 10.1. The Hall–Kier alpha value is -1.06. The minimum Gasteiger partial charge on any atom is -0.494 e. The van der Waals surface area contributed by atoms with Crippen LogP contribution >= 0.6 is 11.6 Å². The average molecular weight is 257 g/mol. The van der Waals surface area contributed by atoms with Gasteiger partial charge in [0.15, 0.2) is 0 Å². The summed E-state index contributed by atoms with van der Waals surface area (Å²) in [6, 6.07) is 7.66. The molecule has 0 N–H and O–H groups in total. The third-order valence-electron chi connectivity index (χ3n) is 2.41. The lowest BCUT2D eigenvalue weighted by Crippen LogP contribution is -2.17. The quantitative estimate of drug-likeness (QED) is 0.704. The zero-order chi connectivity index (χ0) is 12.7. The molecule has 1 aromatic carbocycles. The maximum Gasteiger partial charge on any atom is 0.227 e. The largest absolute Gasteiger partial charge is 0.494 e. The lowest BCUT2D eigenvalue weighted by atomic mass is 10.0. The monoisotopic (exact) mass is 256 g/mol. The topological polar surface area (TPSA) is 35.5 Å². The van der Waals surface area contributed by atoms with E-state index in [1.807, 2.05) is 31.2 Å². The molecule has 0 aromatic heterocycles. The Morgan fingerprint density at radius 1 is 1.35 bits per heavy atom. The average Bonchev–Trinajstić information content (AvgIpc) is 2.31. The fourth-order valence-corrected chi connectivity index (χ4v) is 1.72. The molecular weight excluding hydrogens is 240 g/mol. The molecule has 4 heteroatoms. The highest BCUT2D eigenvalue weighted by molar-refractivity contribution is 6.64. The highest BCUT2D eigenvalue weighted by Gasteiger charge is 2.16. The van der Waals surface area contributed by atoms with Crippen LogP contribution in [0.15, 0.2) is 24.3 Å². The Labute approximate surface area is 107 Å². The molecule has 0 saturated heterocycles. The van der Waals surface area contributed by atoms with Crippen molar-refractivity contribution in [3.8, 4) is 5.75 Å². The summed E-state index contributed by atoms with van der Waals surface area (Å²) in [4.78, 5) is 11.2. The van der Waals surface area contributed by atoms with E-state index in [4.69, 9.17) is 21.1 Å². The molecule has 0 amide bonds. The van der Waals surface area contributed by atoms with E-state index in [0.717, 1.165) is 11.3 Å². The van der Waals surface area contributed by atoms with E-state index in [2.05, 4.69) is 0 Å². The molecular formula is C13H17ClO3. The second kappa shape index (κ2) is 7.30. The molecule has 1 rings (SSSR count). The lowest BCUT2D eigenvalue weighted by Gasteiger charge is -2.11. The Kier molecular flexibility index (Phi) is 6.01. The van der Waals surface area contributed by atoms with Crippen LogP contribution in [0.4, 0.5) is 0 Å². The van der Waals surface area contributed by atoms with E-state index in [0.29, 0.717) is 19.6 Å². The van der Waals surface area contributed by atoms with Crippen molar-refractivity contribution < 1.29 is 14.3 Å². The van der Waals surface area contributed by atoms with Gasteiger partial charge >= 0.3 is 0 Å². The third-order valence-corrected chi connectivity index (χ3v) is 2.71. The van der Waals surface area contributed by atoms with Crippen molar-refractivity contribution in [1.82, 2.24) is 0 Å². The first kappa shape index (κ1) is 14.0. The van der Waals surface area contributed by atoms with Gasteiger partial charge in [-0.05, 0) is 42.6 Å². The first-order chi connectivity index (χ1) is 8.17. The fraction of sp³-hybridized carbons (Fsp3) is 0.462. The minimum atomic E-state index is -0.360. The summed E-state index contributed by atoms with van der Waals surface area (Å²) in [6.45, 7) is 2.93. The molecule has 1 aromatic rings. The summed E-state index contributed by atoms with van der Waals surface area (Å²) in [5.41, 5.74) is 1.05.